The largest absolute Gasteiger partial charge is 0.573 e. The minimum Gasteiger partial charge on any atom is -0.478 e. The monoisotopic (exact) mass is 264 g/mol. The van der Waals surface area contributed by atoms with E-state index in [4.69, 9.17) is 5.26 Å². The van der Waals surface area contributed by atoms with Crippen molar-refractivity contribution in [3.63, 3.8) is 0 Å². The lowest BCUT2D eigenvalue weighted by atomic mass is 10.1. The molecule has 8 heteroatoms. The van der Waals surface area contributed by atoms with Gasteiger partial charge in [-0.15, -0.1) is 13.2 Å². The van der Waals surface area contributed by atoms with Crippen LogP contribution in [0.25, 0.3) is 0 Å². The fraction of sp³-hybridized carbons (Fsp3) is 0.400. The molecule has 1 aromatic heterocycles. The molecule has 0 bridgehead atoms. The average molecular weight is 264 g/mol. The first-order chi connectivity index (χ1) is 8.41. The second-order valence-corrected chi connectivity index (χ2v) is 3.13. The molecule has 1 rings (SSSR count). The van der Waals surface area contributed by atoms with Crippen molar-refractivity contribution >= 4 is 0 Å². The number of rotatable bonds is 4. The second-order valence-electron chi connectivity index (χ2n) is 3.13. The van der Waals surface area contributed by atoms with Crippen LogP contribution in [0.2, 0.25) is 0 Å². The maximum absolute atomic E-state index is 12.5. The molecule has 0 radical (unpaired) electrons. The molecule has 0 aliphatic heterocycles. The number of aromatic nitrogens is 1. The number of methoxy groups -OCH3 is 1. The Kier molecular flexibility index (Phi) is 4.31. The Bertz CT molecular complexity index is 468. The summed E-state index contributed by atoms with van der Waals surface area (Å²) in [6.07, 6.45) is -5.33. The summed E-state index contributed by atoms with van der Waals surface area (Å²) in [5.74, 6) is -1.23. The maximum atomic E-state index is 12.5. The van der Waals surface area contributed by atoms with Crippen LogP contribution in [-0.4, -0.2) is 18.5 Å². The van der Waals surface area contributed by atoms with Gasteiger partial charge in [0.15, 0.2) is 5.75 Å². The lowest BCUT2D eigenvalue weighted by Gasteiger charge is -2.15. The number of nitrogens with zero attached hydrogens (tertiary/aromatic N) is 2. The molecule has 0 aromatic carbocycles. The van der Waals surface area contributed by atoms with Crippen molar-refractivity contribution in [3.05, 3.63) is 17.3 Å². The summed E-state index contributed by atoms with van der Waals surface area (Å²) in [5, 5.41) is 8.53. The molecular formula is C10H8F4N2O2. The summed E-state index contributed by atoms with van der Waals surface area (Å²) in [6, 6.07) is 2.69. The van der Waals surface area contributed by atoms with Gasteiger partial charge in [-0.05, 0) is 6.07 Å². The maximum Gasteiger partial charge on any atom is 0.573 e. The van der Waals surface area contributed by atoms with Gasteiger partial charge in [0.2, 0.25) is 0 Å². The molecule has 0 fully saturated rings. The highest BCUT2D eigenvalue weighted by molar-refractivity contribution is 5.44. The van der Waals surface area contributed by atoms with E-state index in [1.165, 1.54) is 0 Å². The molecule has 0 aliphatic carbocycles. The normalized spacial score (nSPS) is 10.9. The van der Waals surface area contributed by atoms with Crippen molar-refractivity contribution in [3.8, 4) is 17.7 Å². The van der Waals surface area contributed by atoms with Gasteiger partial charge in [-0.1, -0.05) is 0 Å². The summed E-state index contributed by atoms with van der Waals surface area (Å²) >= 11 is 0. The van der Waals surface area contributed by atoms with E-state index in [1.54, 1.807) is 6.07 Å². The van der Waals surface area contributed by atoms with Crippen LogP contribution in [0.15, 0.2) is 6.07 Å². The van der Waals surface area contributed by atoms with Gasteiger partial charge in [0.25, 0.3) is 5.88 Å². The Morgan fingerprint density at radius 1 is 1.44 bits per heavy atom. The fourth-order valence-corrected chi connectivity index (χ4v) is 1.27. The average Bonchev–Trinajstić information content (AvgIpc) is 2.29. The van der Waals surface area contributed by atoms with Crippen molar-refractivity contribution in [1.82, 2.24) is 4.98 Å². The third-order valence-corrected chi connectivity index (χ3v) is 1.89. The number of pyridine rings is 1. The Morgan fingerprint density at radius 2 is 2.11 bits per heavy atom. The van der Waals surface area contributed by atoms with Gasteiger partial charge in [0.1, 0.15) is 6.67 Å². The van der Waals surface area contributed by atoms with Crippen LogP contribution in [0.4, 0.5) is 17.6 Å². The molecule has 0 aliphatic rings. The lowest BCUT2D eigenvalue weighted by Crippen LogP contribution is -2.19. The Morgan fingerprint density at radius 3 is 2.56 bits per heavy atom. The van der Waals surface area contributed by atoms with E-state index in [2.05, 4.69) is 14.5 Å². The molecule has 1 heterocycles. The zero-order valence-electron chi connectivity index (χ0n) is 9.21. The van der Waals surface area contributed by atoms with Gasteiger partial charge >= 0.3 is 6.36 Å². The van der Waals surface area contributed by atoms with E-state index in [1.807, 2.05) is 0 Å². The lowest BCUT2D eigenvalue weighted by molar-refractivity contribution is -0.275. The van der Waals surface area contributed by atoms with Crippen LogP contribution in [0.3, 0.4) is 0 Å². The summed E-state index contributed by atoms with van der Waals surface area (Å²) in [4.78, 5) is 3.51. The quantitative estimate of drug-likeness (QED) is 0.784. The van der Waals surface area contributed by atoms with Crippen molar-refractivity contribution in [2.75, 3.05) is 7.11 Å². The third-order valence-electron chi connectivity index (χ3n) is 1.89. The molecule has 0 saturated heterocycles. The molecule has 1 aromatic rings. The summed E-state index contributed by atoms with van der Waals surface area (Å²) < 4.78 is 57.4. The zero-order chi connectivity index (χ0) is 13.8. The number of hydrogen-bond acceptors (Lipinski definition) is 4. The SMILES string of the molecule is COc1nc(CF)cc(CC#N)c1OC(F)(F)F. The van der Waals surface area contributed by atoms with E-state index in [0.29, 0.717) is 0 Å². The van der Waals surface area contributed by atoms with Gasteiger partial charge in [0, 0.05) is 5.56 Å². The highest BCUT2D eigenvalue weighted by Crippen LogP contribution is 2.35. The molecule has 0 amide bonds. The van der Waals surface area contributed by atoms with E-state index < -0.39 is 24.7 Å². The van der Waals surface area contributed by atoms with Gasteiger partial charge < -0.3 is 9.47 Å². The van der Waals surface area contributed by atoms with Crippen LogP contribution in [0, 0.1) is 11.3 Å². The summed E-state index contributed by atoms with van der Waals surface area (Å²) in [6.45, 7) is -0.985. The predicted octanol–water partition coefficient (Wildman–Crippen LogP) is 2.52. The topological polar surface area (TPSA) is 55.1 Å². The molecule has 18 heavy (non-hydrogen) atoms. The number of alkyl halides is 4. The Balaban J connectivity index is 3.30. The predicted molar refractivity (Wildman–Crippen MR) is 51.6 cm³/mol. The molecule has 0 saturated carbocycles. The highest BCUT2D eigenvalue weighted by Gasteiger charge is 2.34. The summed E-state index contributed by atoms with van der Waals surface area (Å²) in [5.41, 5.74) is -0.263. The number of halogens is 4. The first-order valence-electron chi connectivity index (χ1n) is 4.66. The number of nitriles is 1. The standard InChI is InChI=1S/C10H8F4N2O2/c1-17-9-8(18-10(12,13)14)6(2-3-15)4-7(5-11)16-9/h4H,2,5H2,1H3. The van der Waals surface area contributed by atoms with E-state index in [9.17, 15) is 17.6 Å². The molecule has 4 nitrogen and oxygen atoms in total. The van der Waals surface area contributed by atoms with Crippen LogP contribution < -0.4 is 9.47 Å². The van der Waals surface area contributed by atoms with Crippen molar-refractivity contribution in [2.45, 2.75) is 19.5 Å². The zero-order valence-corrected chi connectivity index (χ0v) is 9.21. The minimum absolute atomic E-state index is 0.130. The molecule has 0 unspecified atom stereocenters. The van der Waals surface area contributed by atoms with Crippen LogP contribution in [0.1, 0.15) is 11.3 Å². The van der Waals surface area contributed by atoms with Crippen molar-refractivity contribution in [2.24, 2.45) is 0 Å². The van der Waals surface area contributed by atoms with Gasteiger partial charge in [-0.25, -0.2) is 9.37 Å². The fourth-order valence-electron chi connectivity index (χ4n) is 1.27. The van der Waals surface area contributed by atoms with Crippen LogP contribution in [-0.2, 0) is 13.1 Å². The molecule has 0 N–H and O–H groups in total. The smallest absolute Gasteiger partial charge is 0.478 e. The van der Waals surface area contributed by atoms with Crippen molar-refractivity contribution in [1.29, 1.82) is 5.26 Å². The van der Waals surface area contributed by atoms with Crippen LogP contribution >= 0.6 is 0 Å². The Hall–Kier alpha value is -2.04. The number of ether oxygens (including phenoxy) is 2. The molecular weight excluding hydrogens is 256 g/mol. The van der Waals surface area contributed by atoms with Gasteiger partial charge in [-0.2, -0.15) is 5.26 Å². The van der Waals surface area contributed by atoms with E-state index in [0.717, 1.165) is 13.2 Å². The first-order valence-corrected chi connectivity index (χ1v) is 4.66. The van der Waals surface area contributed by atoms with E-state index >= 15 is 0 Å². The first kappa shape index (κ1) is 14.0. The minimum atomic E-state index is -4.95. The van der Waals surface area contributed by atoms with Gasteiger partial charge in [0.05, 0.1) is 25.3 Å². The van der Waals surface area contributed by atoms with Gasteiger partial charge in [-0.3, -0.25) is 0 Å². The molecule has 0 spiro atoms. The summed E-state index contributed by atoms with van der Waals surface area (Å²) in [7, 11) is 1.07. The van der Waals surface area contributed by atoms with E-state index in [-0.39, 0.29) is 17.7 Å². The second kappa shape index (κ2) is 5.53. The van der Waals surface area contributed by atoms with Crippen molar-refractivity contribution < 1.29 is 27.0 Å². The molecule has 0 atom stereocenters. The molecule has 98 valence electrons. The van der Waals surface area contributed by atoms with Crippen LogP contribution in [0.5, 0.6) is 11.6 Å². The Labute approximate surface area is 99.8 Å². The number of hydrogen-bond donors (Lipinski definition) is 0. The highest BCUT2D eigenvalue weighted by atomic mass is 19.4. The third kappa shape index (κ3) is 3.48.